The molecule has 0 saturated carbocycles. The van der Waals surface area contributed by atoms with Crippen LogP contribution in [0.3, 0.4) is 0 Å². The first-order chi connectivity index (χ1) is 12.5. The smallest absolute Gasteiger partial charge is 0.244 e. The Morgan fingerprint density at radius 3 is 2.73 bits per heavy atom. The van der Waals surface area contributed by atoms with E-state index in [4.69, 9.17) is 11.6 Å². The van der Waals surface area contributed by atoms with E-state index in [1.54, 1.807) is 34.3 Å². The summed E-state index contributed by atoms with van der Waals surface area (Å²) in [5.41, 5.74) is 1.70. The van der Waals surface area contributed by atoms with Crippen LogP contribution in [0.1, 0.15) is 5.56 Å². The largest absolute Gasteiger partial charge is 0.506 e. The molecule has 2 aliphatic heterocycles. The van der Waals surface area contributed by atoms with E-state index in [9.17, 15) is 14.0 Å². The molecule has 4 nitrogen and oxygen atoms in total. The number of nitrogens with zero attached hydrogens (tertiary/aromatic N) is 2. The van der Waals surface area contributed by atoms with Crippen molar-refractivity contribution >= 4 is 46.7 Å². The molecule has 1 atom stereocenters. The number of carbonyl (C=O) groups is 2. The molecule has 0 fully saturated rings. The standard InChI is InChI=1S/C19H13ClFN2O2S/c20-13-4-1-3-12(9-13)11-22-16-7-8-26-17(16)18(24)23(19(22)25)15-6-2-5-14(21)10-15/h1-10,17H,11H2/q+1. The summed E-state index contributed by atoms with van der Waals surface area (Å²) in [7, 11) is 0. The average molecular weight is 388 g/mol. The van der Waals surface area contributed by atoms with Crippen molar-refractivity contribution < 1.29 is 18.6 Å². The van der Waals surface area contributed by atoms with E-state index in [1.807, 2.05) is 12.1 Å². The molecule has 0 bridgehead atoms. The van der Waals surface area contributed by atoms with E-state index in [2.05, 4.69) is 0 Å². The van der Waals surface area contributed by atoms with Gasteiger partial charge < -0.3 is 0 Å². The minimum absolute atomic E-state index is 0.225. The molecule has 7 heteroatoms. The van der Waals surface area contributed by atoms with Gasteiger partial charge >= 0.3 is 11.9 Å². The topological polar surface area (TPSA) is 40.4 Å². The summed E-state index contributed by atoms with van der Waals surface area (Å²) in [6.07, 6.45) is 1.78. The Hall–Kier alpha value is -2.44. The number of amides is 3. The minimum Gasteiger partial charge on any atom is -0.244 e. The summed E-state index contributed by atoms with van der Waals surface area (Å²) in [6, 6.07) is 12.2. The van der Waals surface area contributed by atoms with Gasteiger partial charge in [0.2, 0.25) is 0 Å². The fourth-order valence-corrected chi connectivity index (χ4v) is 4.19. The summed E-state index contributed by atoms with van der Waals surface area (Å²) in [4.78, 5) is 27.0. The molecule has 2 aromatic rings. The average Bonchev–Trinajstić information content (AvgIpc) is 3.09. The van der Waals surface area contributed by atoms with Gasteiger partial charge in [-0.1, -0.05) is 29.8 Å². The SMILES string of the molecule is O=C1C2SC=CC2=[N+](Cc2cccc(Cl)c2)C(=O)N1c1cccc(F)c1. The van der Waals surface area contributed by atoms with Gasteiger partial charge in [-0.3, -0.25) is 0 Å². The molecule has 2 aliphatic rings. The lowest BCUT2D eigenvalue weighted by Crippen LogP contribution is -2.55. The van der Waals surface area contributed by atoms with Gasteiger partial charge in [0.1, 0.15) is 23.8 Å². The normalized spacial score (nSPS) is 19.3. The maximum Gasteiger partial charge on any atom is 0.506 e. The molecule has 0 saturated heterocycles. The Morgan fingerprint density at radius 1 is 1.15 bits per heavy atom. The zero-order chi connectivity index (χ0) is 18.3. The molecule has 26 heavy (non-hydrogen) atoms. The molecule has 4 rings (SSSR count). The van der Waals surface area contributed by atoms with E-state index in [0.717, 1.165) is 10.5 Å². The van der Waals surface area contributed by atoms with E-state index in [1.165, 1.54) is 30.0 Å². The molecular weight excluding hydrogens is 375 g/mol. The number of urea groups is 1. The third-order valence-corrected chi connectivity index (χ3v) is 5.44. The fraction of sp³-hybridized carbons (Fsp3) is 0.105. The van der Waals surface area contributed by atoms with Crippen LogP contribution in [0.15, 0.2) is 60.0 Å². The molecule has 0 aliphatic carbocycles. The summed E-state index contributed by atoms with van der Waals surface area (Å²) in [6.45, 7) is 0.273. The fourth-order valence-electron chi connectivity index (χ4n) is 3.03. The number of halogens is 2. The van der Waals surface area contributed by atoms with Crippen molar-refractivity contribution in [1.29, 1.82) is 0 Å². The van der Waals surface area contributed by atoms with Gasteiger partial charge in [0.05, 0.1) is 0 Å². The zero-order valence-corrected chi connectivity index (χ0v) is 15.0. The van der Waals surface area contributed by atoms with Crippen molar-refractivity contribution in [3.63, 3.8) is 0 Å². The number of fused-ring (bicyclic) bond motifs is 1. The molecule has 3 amide bonds. The number of imide groups is 1. The Bertz CT molecular complexity index is 989. The summed E-state index contributed by atoms with van der Waals surface area (Å²) >= 11 is 7.37. The van der Waals surface area contributed by atoms with Gasteiger partial charge in [0, 0.05) is 11.1 Å². The molecular formula is C19H13ClFN2O2S+. The zero-order valence-electron chi connectivity index (χ0n) is 13.4. The van der Waals surface area contributed by atoms with Crippen LogP contribution >= 0.6 is 23.4 Å². The van der Waals surface area contributed by atoms with Gasteiger partial charge in [-0.25, -0.2) is 9.18 Å². The van der Waals surface area contributed by atoms with Crippen LogP contribution in [0.25, 0.3) is 0 Å². The quantitative estimate of drug-likeness (QED) is 0.740. The van der Waals surface area contributed by atoms with Crippen LogP contribution in [-0.2, 0) is 11.3 Å². The van der Waals surface area contributed by atoms with Gasteiger partial charge in [0.25, 0.3) is 0 Å². The van der Waals surface area contributed by atoms with Crippen LogP contribution in [0.2, 0.25) is 5.02 Å². The van der Waals surface area contributed by atoms with Crippen molar-refractivity contribution in [3.05, 3.63) is 76.4 Å². The van der Waals surface area contributed by atoms with Crippen LogP contribution in [0.5, 0.6) is 0 Å². The molecule has 130 valence electrons. The highest BCUT2D eigenvalue weighted by Crippen LogP contribution is 2.31. The van der Waals surface area contributed by atoms with Crippen LogP contribution in [0.4, 0.5) is 14.9 Å². The first-order valence-corrected chi connectivity index (χ1v) is 9.21. The predicted molar refractivity (Wildman–Crippen MR) is 100 cm³/mol. The van der Waals surface area contributed by atoms with Crippen LogP contribution < -0.4 is 4.90 Å². The molecule has 0 radical (unpaired) electrons. The monoisotopic (exact) mass is 387 g/mol. The lowest BCUT2D eigenvalue weighted by Gasteiger charge is -2.24. The van der Waals surface area contributed by atoms with Crippen molar-refractivity contribution in [3.8, 4) is 0 Å². The van der Waals surface area contributed by atoms with Gasteiger partial charge in [0.15, 0.2) is 5.25 Å². The number of allylic oxidation sites excluding steroid dienone is 1. The van der Waals surface area contributed by atoms with Gasteiger partial charge in [-0.15, -0.1) is 16.7 Å². The number of rotatable bonds is 3. The molecule has 0 N–H and O–H groups in total. The van der Waals surface area contributed by atoms with E-state index in [-0.39, 0.29) is 18.1 Å². The second-order valence-electron chi connectivity index (χ2n) is 5.90. The maximum atomic E-state index is 13.6. The van der Waals surface area contributed by atoms with Crippen molar-refractivity contribution in [2.75, 3.05) is 4.90 Å². The first-order valence-electron chi connectivity index (χ1n) is 7.89. The number of carbonyl (C=O) groups excluding carboxylic acids is 2. The minimum atomic E-state index is -0.518. The van der Waals surface area contributed by atoms with Crippen molar-refractivity contribution in [1.82, 2.24) is 0 Å². The highest BCUT2D eigenvalue weighted by molar-refractivity contribution is 8.04. The molecule has 0 spiro atoms. The van der Waals surface area contributed by atoms with Crippen LogP contribution in [-0.4, -0.2) is 27.5 Å². The van der Waals surface area contributed by atoms with Gasteiger partial charge in [-0.2, -0.15) is 9.37 Å². The molecule has 2 heterocycles. The number of hydrogen-bond donors (Lipinski definition) is 0. The second-order valence-corrected chi connectivity index (χ2v) is 7.35. The molecule has 1 unspecified atom stereocenters. The van der Waals surface area contributed by atoms with Crippen LogP contribution in [0, 0.1) is 5.82 Å². The lowest BCUT2D eigenvalue weighted by molar-refractivity contribution is -0.444. The lowest BCUT2D eigenvalue weighted by atomic mass is 10.1. The number of anilines is 1. The number of benzene rings is 2. The Balaban J connectivity index is 1.78. The van der Waals surface area contributed by atoms with E-state index >= 15 is 0 Å². The number of thioether (sulfide) groups is 1. The highest BCUT2D eigenvalue weighted by atomic mass is 35.5. The summed E-state index contributed by atoms with van der Waals surface area (Å²) < 4.78 is 15.2. The second kappa shape index (κ2) is 6.70. The van der Waals surface area contributed by atoms with E-state index in [0.29, 0.717) is 10.7 Å². The first kappa shape index (κ1) is 17.0. The Morgan fingerprint density at radius 2 is 1.96 bits per heavy atom. The van der Waals surface area contributed by atoms with Crippen molar-refractivity contribution in [2.24, 2.45) is 0 Å². The van der Waals surface area contributed by atoms with E-state index < -0.39 is 17.1 Å². The predicted octanol–water partition coefficient (Wildman–Crippen LogP) is 4.23. The summed E-state index contributed by atoms with van der Waals surface area (Å²) in [5, 5.41) is 1.85. The Kier molecular flexibility index (Phi) is 4.38. The Labute approximate surface area is 158 Å². The third kappa shape index (κ3) is 2.95. The maximum absolute atomic E-state index is 13.6. The molecule has 0 aromatic heterocycles. The van der Waals surface area contributed by atoms with Gasteiger partial charge in [-0.05, 0) is 41.3 Å². The molecule has 2 aromatic carbocycles. The number of hydrogen-bond acceptors (Lipinski definition) is 3. The summed E-state index contributed by atoms with van der Waals surface area (Å²) in [5.74, 6) is -0.871. The van der Waals surface area contributed by atoms with Crippen molar-refractivity contribution in [2.45, 2.75) is 11.8 Å². The third-order valence-electron chi connectivity index (χ3n) is 4.20. The highest BCUT2D eigenvalue weighted by Gasteiger charge is 2.50.